The Morgan fingerprint density at radius 2 is 1.79 bits per heavy atom. The molecule has 152 valence electrons. The molecule has 2 aromatic rings. The van der Waals surface area contributed by atoms with E-state index >= 15 is 0 Å². The number of hydrogen-bond acceptors (Lipinski definition) is 5. The highest BCUT2D eigenvalue weighted by Crippen LogP contribution is 2.30. The van der Waals surface area contributed by atoms with E-state index in [4.69, 9.17) is 4.74 Å². The highest BCUT2D eigenvalue weighted by Gasteiger charge is 2.40. The number of nitrogens with zero attached hydrogens (tertiary/aromatic N) is 1. The third kappa shape index (κ3) is 5.17. The Labute approximate surface area is 174 Å². The van der Waals surface area contributed by atoms with Crippen LogP contribution in [0.25, 0.3) is 0 Å². The van der Waals surface area contributed by atoms with E-state index in [-0.39, 0.29) is 29.9 Å². The molecule has 1 N–H and O–H groups in total. The number of ether oxygens (including phenoxy) is 1. The number of benzene rings is 2. The van der Waals surface area contributed by atoms with Crippen molar-refractivity contribution in [3.05, 3.63) is 54.1 Å². The molecule has 7 heteroatoms. The number of imide groups is 1. The van der Waals surface area contributed by atoms with E-state index in [0.717, 1.165) is 17.7 Å². The molecule has 2 aromatic carbocycles. The van der Waals surface area contributed by atoms with Crippen molar-refractivity contribution in [2.45, 2.75) is 31.9 Å². The van der Waals surface area contributed by atoms with Gasteiger partial charge in [-0.2, -0.15) is 0 Å². The maximum atomic E-state index is 12.7. The van der Waals surface area contributed by atoms with Crippen LogP contribution in [-0.4, -0.2) is 35.3 Å². The zero-order valence-corrected chi connectivity index (χ0v) is 17.3. The number of nitrogens with one attached hydrogen (secondary N) is 1. The van der Waals surface area contributed by atoms with Gasteiger partial charge in [0.1, 0.15) is 5.75 Å². The normalized spacial score (nSPS) is 16.2. The number of amides is 3. The molecule has 1 saturated heterocycles. The van der Waals surface area contributed by atoms with Crippen LogP contribution in [0.3, 0.4) is 0 Å². The molecule has 3 amide bonds. The largest absolute Gasteiger partial charge is 0.494 e. The first kappa shape index (κ1) is 20.9. The molecule has 29 heavy (non-hydrogen) atoms. The first-order valence-corrected chi connectivity index (χ1v) is 10.7. The lowest BCUT2D eigenvalue weighted by Gasteiger charge is -2.15. The molecule has 1 unspecified atom stereocenters. The van der Waals surface area contributed by atoms with Crippen LogP contribution < -0.4 is 15.0 Å². The van der Waals surface area contributed by atoms with Crippen molar-refractivity contribution >= 4 is 40.9 Å². The molecular formula is C22H24N2O4S. The Balaban J connectivity index is 1.54. The summed E-state index contributed by atoms with van der Waals surface area (Å²) in [4.78, 5) is 38.5. The average molecular weight is 413 g/mol. The summed E-state index contributed by atoms with van der Waals surface area (Å²) < 4.78 is 5.37. The van der Waals surface area contributed by atoms with Gasteiger partial charge in [-0.05, 0) is 55.3 Å². The Hall–Kier alpha value is -2.80. The van der Waals surface area contributed by atoms with Gasteiger partial charge in [0.05, 0.1) is 23.3 Å². The molecule has 1 aliphatic heterocycles. The fourth-order valence-corrected chi connectivity index (χ4v) is 3.99. The first-order valence-electron chi connectivity index (χ1n) is 9.61. The molecule has 0 aromatic heterocycles. The first-order chi connectivity index (χ1) is 14.0. The lowest BCUT2D eigenvalue weighted by atomic mass is 10.1. The quantitative estimate of drug-likeness (QED) is 0.670. The van der Waals surface area contributed by atoms with Crippen LogP contribution in [0.5, 0.6) is 5.75 Å². The van der Waals surface area contributed by atoms with Gasteiger partial charge in [0.25, 0.3) is 0 Å². The summed E-state index contributed by atoms with van der Waals surface area (Å²) >= 11 is 1.19. The van der Waals surface area contributed by atoms with Crippen LogP contribution in [0.2, 0.25) is 0 Å². The number of rotatable bonds is 8. The summed E-state index contributed by atoms with van der Waals surface area (Å²) in [5.74, 6) is 0.119. The zero-order chi connectivity index (χ0) is 20.8. The number of carbonyl (C=O) groups excluding carboxylic acids is 3. The number of aryl methyl sites for hydroxylation is 1. The molecule has 1 fully saturated rings. The minimum absolute atomic E-state index is 0.0967. The molecule has 3 rings (SSSR count). The second kappa shape index (κ2) is 9.60. The summed E-state index contributed by atoms with van der Waals surface area (Å²) in [6.07, 6.45) is 0.999. The predicted octanol–water partition coefficient (Wildman–Crippen LogP) is 3.65. The molecule has 1 atom stereocenters. The summed E-state index contributed by atoms with van der Waals surface area (Å²) in [6.45, 7) is 4.53. The summed E-state index contributed by atoms with van der Waals surface area (Å²) in [5, 5.41) is 2.25. The minimum Gasteiger partial charge on any atom is -0.494 e. The van der Waals surface area contributed by atoms with Crippen LogP contribution in [0, 0.1) is 0 Å². The lowest BCUT2D eigenvalue weighted by molar-refractivity contribution is -0.121. The number of anilines is 2. The molecule has 0 saturated carbocycles. The molecular weight excluding hydrogens is 388 g/mol. The van der Waals surface area contributed by atoms with Crippen molar-refractivity contribution in [1.82, 2.24) is 0 Å². The summed E-state index contributed by atoms with van der Waals surface area (Å²) in [7, 11) is 0. The molecule has 6 nitrogen and oxygen atoms in total. The SMILES string of the molecule is CCOc1ccc(NC(=O)CSC2CC(=O)N(c3ccc(CC)cc3)C2=O)cc1. The maximum Gasteiger partial charge on any atom is 0.247 e. The van der Waals surface area contributed by atoms with Gasteiger partial charge >= 0.3 is 0 Å². The number of carbonyl (C=O) groups is 3. The zero-order valence-electron chi connectivity index (χ0n) is 16.5. The van der Waals surface area contributed by atoms with Crippen molar-refractivity contribution in [2.24, 2.45) is 0 Å². The molecule has 0 radical (unpaired) electrons. The molecule has 0 bridgehead atoms. The van der Waals surface area contributed by atoms with Gasteiger partial charge in [-0.25, -0.2) is 4.90 Å². The second-order valence-electron chi connectivity index (χ2n) is 6.60. The Kier molecular flexibility index (Phi) is 6.93. The molecule has 1 heterocycles. The fourth-order valence-electron chi connectivity index (χ4n) is 3.06. The van der Waals surface area contributed by atoms with Crippen molar-refractivity contribution in [3.8, 4) is 5.75 Å². The Morgan fingerprint density at radius 1 is 1.10 bits per heavy atom. The van der Waals surface area contributed by atoms with E-state index in [9.17, 15) is 14.4 Å². The van der Waals surface area contributed by atoms with Crippen molar-refractivity contribution in [1.29, 1.82) is 0 Å². The third-order valence-corrected chi connectivity index (χ3v) is 5.77. The topological polar surface area (TPSA) is 75.7 Å². The summed E-state index contributed by atoms with van der Waals surface area (Å²) in [5.41, 5.74) is 2.38. The third-order valence-electron chi connectivity index (χ3n) is 4.57. The second-order valence-corrected chi connectivity index (χ2v) is 7.79. The minimum atomic E-state index is -0.542. The summed E-state index contributed by atoms with van der Waals surface area (Å²) in [6, 6.07) is 14.5. The van der Waals surface area contributed by atoms with E-state index in [1.807, 2.05) is 26.0 Å². The number of hydrogen-bond donors (Lipinski definition) is 1. The molecule has 0 aliphatic carbocycles. The average Bonchev–Trinajstić information content (AvgIpc) is 3.01. The van der Waals surface area contributed by atoms with Gasteiger partial charge in [0.15, 0.2) is 0 Å². The van der Waals surface area contributed by atoms with Gasteiger partial charge in [0.2, 0.25) is 17.7 Å². The van der Waals surface area contributed by atoms with E-state index in [1.54, 1.807) is 36.4 Å². The van der Waals surface area contributed by atoms with E-state index < -0.39 is 5.25 Å². The van der Waals surface area contributed by atoms with Crippen LogP contribution >= 0.6 is 11.8 Å². The van der Waals surface area contributed by atoms with Gasteiger partial charge in [-0.3, -0.25) is 14.4 Å². The standard InChI is InChI=1S/C22H24N2O4S/c1-3-15-5-9-17(10-6-15)24-21(26)13-19(22(24)27)29-14-20(25)23-16-7-11-18(12-8-16)28-4-2/h5-12,19H,3-4,13-14H2,1-2H3,(H,23,25). The van der Waals surface area contributed by atoms with Crippen molar-refractivity contribution < 1.29 is 19.1 Å². The van der Waals surface area contributed by atoms with Gasteiger partial charge in [-0.1, -0.05) is 19.1 Å². The van der Waals surface area contributed by atoms with E-state index in [1.165, 1.54) is 16.7 Å². The van der Waals surface area contributed by atoms with Crippen molar-refractivity contribution in [3.63, 3.8) is 0 Å². The lowest BCUT2D eigenvalue weighted by Crippen LogP contribution is -2.31. The van der Waals surface area contributed by atoms with Gasteiger partial charge in [0, 0.05) is 12.1 Å². The smallest absolute Gasteiger partial charge is 0.247 e. The van der Waals surface area contributed by atoms with Crippen molar-refractivity contribution in [2.75, 3.05) is 22.6 Å². The van der Waals surface area contributed by atoms with Crippen LogP contribution in [0.1, 0.15) is 25.8 Å². The monoisotopic (exact) mass is 412 g/mol. The fraction of sp³-hybridized carbons (Fsp3) is 0.318. The van der Waals surface area contributed by atoms with Gasteiger partial charge < -0.3 is 10.1 Å². The number of thioether (sulfide) groups is 1. The molecule has 0 spiro atoms. The Bertz CT molecular complexity index is 881. The van der Waals surface area contributed by atoms with Crippen LogP contribution in [0.15, 0.2) is 48.5 Å². The molecule has 1 aliphatic rings. The van der Waals surface area contributed by atoms with Crippen LogP contribution in [0.4, 0.5) is 11.4 Å². The van der Waals surface area contributed by atoms with E-state index in [0.29, 0.717) is 18.0 Å². The van der Waals surface area contributed by atoms with E-state index in [2.05, 4.69) is 5.32 Å². The highest BCUT2D eigenvalue weighted by atomic mass is 32.2. The van der Waals surface area contributed by atoms with Crippen LogP contribution in [-0.2, 0) is 20.8 Å². The predicted molar refractivity (Wildman–Crippen MR) is 115 cm³/mol. The Morgan fingerprint density at radius 3 is 2.41 bits per heavy atom. The highest BCUT2D eigenvalue weighted by molar-refractivity contribution is 8.01. The van der Waals surface area contributed by atoms with Gasteiger partial charge in [-0.15, -0.1) is 11.8 Å². The maximum absolute atomic E-state index is 12.7.